The quantitative estimate of drug-likeness (QED) is 0.802. The maximum atomic E-state index is 5.69. The number of fused-ring (bicyclic) bond motifs is 4. The number of nitrogens with zero attached hydrogens (tertiary/aromatic N) is 1. The third-order valence-corrected chi connectivity index (χ3v) is 5.70. The molecule has 130 valence electrons. The largest absolute Gasteiger partial charge is 0.493 e. The Morgan fingerprint density at radius 2 is 1.68 bits per heavy atom. The summed E-state index contributed by atoms with van der Waals surface area (Å²) in [7, 11) is 3.42. The molecule has 0 amide bonds. The zero-order chi connectivity index (χ0) is 17.7. The zero-order valence-corrected chi connectivity index (χ0v) is 15.7. The van der Waals surface area contributed by atoms with Crippen LogP contribution in [0.3, 0.4) is 0 Å². The molecule has 2 heterocycles. The highest BCUT2D eigenvalue weighted by atomic mass is 16.5. The van der Waals surface area contributed by atoms with Gasteiger partial charge in [-0.3, -0.25) is 0 Å². The summed E-state index contributed by atoms with van der Waals surface area (Å²) < 4.78 is 11.2. The molecule has 3 heteroatoms. The summed E-state index contributed by atoms with van der Waals surface area (Å²) in [4.78, 5) is 2.50. The minimum atomic E-state index is 0.807. The molecule has 0 aliphatic carbocycles. The highest BCUT2D eigenvalue weighted by molar-refractivity contribution is 5.94. The summed E-state index contributed by atoms with van der Waals surface area (Å²) in [6, 6.07) is 8.92. The van der Waals surface area contributed by atoms with E-state index in [9.17, 15) is 0 Å². The van der Waals surface area contributed by atoms with Crippen LogP contribution in [0.25, 0.3) is 11.3 Å². The second kappa shape index (κ2) is 5.83. The molecular formula is C22H25NO2. The summed E-state index contributed by atoms with van der Waals surface area (Å²) in [5.74, 6) is 1.67. The molecular weight excluding hydrogens is 310 g/mol. The number of aryl methyl sites for hydroxylation is 2. The second-order valence-corrected chi connectivity index (χ2v) is 7.07. The smallest absolute Gasteiger partial charge is 0.166 e. The predicted octanol–water partition coefficient (Wildman–Crippen LogP) is 4.58. The topological polar surface area (TPSA) is 21.7 Å². The SMILES string of the molecule is COc1ccc2c(c1OC)CN1CCc3cc(C)c(C)cc3C1=C2C. The third-order valence-electron chi connectivity index (χ3n) is 5.70. The maximum absolute atomic E-state index is 5.69. The Bertz CT molecular complexity index is 895. The lowest BCUT2D eigenvalue weighted by Gasteiger charge is -2.39. The molecule has 2 aliphatic rings. The zero-order valence-electron chi connectivity index (χ0n) is 15.7. The fraction of sp³-hybridized carbons (Fsp3) is 0.364. The minimum Gasteiger partial charge on any atom is -0.493 e. The number of hydrogen-bond acceptors (Lipinski definition) is 3. The first-order valence-electron chi connectivity index (χ1n) is 8.85. The number of methoxy groups -OCH3 is 2. The first-order valence-corrected chi connectivity index (χ1v) is 8.85. The van der Waals surface area contributed by atoms with Gasteiger partial charge in [-0.2, -0.15) is 0 Å². The molecule has 0 N–H and O–H groups in total. The molecule has 2 aromatic rings. The molecule has 0 bridgehead atoms. The summed E-state index contributed by atoms with van der Waals surface area (Å²) >= 11 is 0. The van der Waals surface area contributed by atoms with E-state index in [2.05, 4.69) is 43.9 Å². The molecule has 0 atom stereocenters. The van der Waals surface area contributed by atoms with Gasteiger partial charge in [0.15, 0.2) is 11.5 Å². The van der Waals surface area contributed by atoms with Gasteiger partial charge in [-0.15, -0.1) is 0 Å². The van der Waals surface area contributed by atoms with E-state index in [1.54, 1.807) is 14.2 Å². The van der Waals surface area contributed by atoms with Crippen LogP contribution in [0.2, 0.25) is 0 Å². The number of ether oxygens (including phenoxy) is 2. The molecule has 0 aromatic heterocycles. The van der Waals surface area contributed by atoms with Gasteiger partial charge in [0.2, 0.25) is 0 Å². The van der Waals surface area contributed by atoms with Gasteiger partial charge in [0.1, 0.15) is 0 Å². The van der Waals surface area contributed by atoms with Crippen molar-refractivity contribution in [2.45, 2.75) is 33.7 Å². The van der Waals surface area contributed by atoms with E-state index in [1.165, 1.54) is 44.7 Å². The number of rotatable bonds is 2. The lowest BCUT2D eigenvalue weighted by atomic mass is 9.84. The lowest BCUT2D eigenvalue weighted by molar-refractivity contribution is 0.333. The molecule has 0 saturated heterocycles. The molecule has 0 radical (unpaired) electrons. The Hall–Kier alpha value is -2.42. The fourth-order valence-corrected chi connectivity index (χ4v) is 4.26. The molecule has 0 saturated carbocycles. The van der Waals surface area contributed by atoms with Crippen molar-refractivity contribution >= 4 is 11.3 Å². The molecule has 0 fully saturated rings. The normalized spacial score (nSPS) is 15.5. The Labute approximate surface area is 149 Å². The molecule has 3 nitrogen and oxygen atoms in total. The average molecular weight is 335 g/mol. The van der Waals surface area contributed by atoms with Crippen LogP contribution in [-0.4, -0.2) is 25.7 Å². The Balaban J connectivity index is 1.95. The van der Waals surface area contributed by atoms with Crippen LogP contribution >= 0.6 is 0 Å². The van der Waals surface area contributed by atoms with Crippen molar-refractivity contribution in [2.75, 3.05) is 20.8 Å². The summed E-state index contributed by atoms with van der Waals surface area (Å²) in [5.41, 5.74) is 10.8. The van der Waals surface area contributed by atoms with E-state index < -0.39 is 0 Å². The summed E-state index contributed by atoms with van der Waals surface area (Å²) in [6.07, 6.45) is 1.09. The molecule has 2 aromatic carbocycles. The predicted molar refractivity (Wildman–Crippen MR) is 102 cm³/mol. The van der Waals surface area contributed by atoms with Gasteiger partial charge in [0, 0.05) is 29.9 Å². The lowest BCUT2D eigenvalue weighted by Crippen LogP contribution is -2.33. The van der Waals surface area contributed by atoms with Crippen molar-refractivity contribution in [3.8, 4) is 11.5 Å². The first-order chi connectivity index (χ1) is 12.0. The van der Waals surface area contributed by atoms with Crippen molar-refractivity contribution in [1.29, 1.82) is 0 Å². The van der Waals surface area contributed by atoms with Crippen LogP contribution in [0.4, 0.5) is 0 Å². The van der Waals surface area contributed by atoms with Gasteiger partial charge in [-0.25, -0.2) is 0 Å². The molecule has 0 unspecified atom stereocenters. The Morgan fingerprint density at radius 3 is 2.40 bits per heavy atom. The van der Waals surface area contributed by atoms with Gasteiger partial charge < -0.3 is 14.4 Å². The van der Waals surface area contributed by atoms with E-state index in [1.807, 2.05) is 6.07 Å². The molecule has 2 aliphatic heterocycles. The van der Waals surface area contributed by atoms with E-state index in [0.29, 0.717) is 0 Å². The van der Waals surface area contributed by atoms with Gasteiger partial charge in [0.05, 0.1) is 14.2 Å². The van der Waals surface area contributed by atoms with Crippen molar-refractivity contribution in [2.24, 2.45) is 0 Å². The molecule has 0 spiro atoms. The highest BCUT2D eigenvalue weighted by Gasteiger charge is 2.31. The van der Waals surface area contributed by atoms with Crippen molar-refractivity contribution in [3.05, 3.63) is 57.6 Å². The standard InChI is InChI=1S/C22H25NO2/c1-13-10-16-8-9-23-12-19-17(6-7-20(24-4)22(19)25-5)15(3)21(23)18(16)11-14(13)2/h6-7,10-11H,8-9,12H2,1-5H3. The molecule has 4 rings (SSSR count). The van der Waals surface area contributed by atoms with Crippen LogP contribution in [0.1, 0.15) is 40.3 Å². The van der Waals surface area contributed by atoms with Crippen LogP contribution in [-0.2, 0) is 13.0 Å². The highest BCUT2D eigenvalue weighted by Crippen LogP contribution is 2.46. The van der Waals surface area contributed by atoms with Gasteiger partial charge in [0.25, 0.3) is 0 Å². The average Bonchev–Trinajstić information content (AvgIpc) is 2.61. The first kappa shape index (κ1) is 16.1. The van der Waals surface area contributed by atoms with Crippen LogP contribution in [0.15, 0.2) is 24.3 Å². The monoisotopic (exact) mass is 335 g/mol. The van der Waals surface area contributed by atoms with Gasteiger partial charge in [-0.1, -0.05) is 12.1 Å². The summed E-state index contributed by atoms with van der Waals surface area (Å²) in [6.45, 7) is 8.55. The number of allylic oxidation sites excluding steroid dienone is 1. The Morgan fingerprint density at radius 1 is 0.920 bits per heavy atom. The number of benzene rings is 2. The number of hydrogen-bond donors (Lipinski definition) is 0. The van der Waals surface area contributed by atoms with Crippen LogP contribution in [0, 0.1) is 13.8 Å². The van der Waals surface area contributed by atoms with Crippen molar-refractivity contribution < 1.29 is 9.47 Å². The van der Waals surface area contributed by atoms with Gasteiger partial charge >= 0.3 is 0 Å². The van der Waals surface area contributed by atoms with Crippen molar-refractivity contribution in [3.63, 3.8) is 0 Å². The van der Waals surface area contributed by atoms with Crippen molar-refractivity contribution in [1.82, 2.24) is 4.90 Å². The fourth-order valence-electron chi connectivity index (χ4n) is 4.26. The third kappa shape index (κ3) is 2.33. The maximum Gasteiger partial charge on any atom is 0.166 e. The Kier molecular flexibility index (Phi) is 3.75. The summed E-state index contributed by atoms with van der Waals surface area (Å²) in [5, 5.41) is 0. The van der Waals surface area contributed by atoms with E-state index in [0.717, 1.165) is 31.0 Å². The second-order valence-electron chi connectivity index (χ2n) is 7.07. The van der Waals surface area contributed by atoms with Crippen LogP contribution in [0.5, 0.6) is 11.5 Å². The van der Waals surface area contributed by atoms with Gasteiger partial charge in [-0.05, 0) is 67.2 Å². The molecule has 25 heavy (non-hydrogen) atoms. The van der Waals surface area contributed by atoms with E-state index >= 15 is 0 Å². The van der Waals surface area contributed by atoms with E-state index in [-0.39, 0.29) is 0 Å². The van der Waals surface area contributed by atoms with Crippen LogP contribution < -0.4 is 9.47 Å². The minimum absolute atomic E-state index is 0.807. The van der Waals surface area contributed by atoms with E-state index in [4.69, 9.17) is 9.47 Å².